The van der Waals surface area contributed by atoms with E-state index < -0.39 is 0 Å². The zero-order valence-electron chi connectivity index (χ0n) is 11.9. The average molecular weight is 326 g/mol. The molecule has 106 valence electrons. The maximum absolute atomic E-state index is 6.14. The third-order valence-electron chi connectivity index (χ3n) is 4.04. The van der Waals surface area contributed by atoms with Crippen LogP contribution in [0, 0.1) is 5.92 Å². The molecule has 0 heterocycles. The van der Waals surface area contributed by atoms with Gasteiger partial charge in [0.15, 0.2) is 0 Å². The first kappa shape index (κ1) is 14.9. The largest absolute Gasteiger partial charge is 0.489 e. The summed E-state index contributed by atoms with van der Waals surface area (Å²) in [5.41, 5.74) is 1.27. The van der Waals surface area contributed by atoms with Gasteiger partial charge in [-0.3, -0.25) is 0 Å². The third-order valence-corrected chi connectivity index (χ3v) is 4.66. The fraction of sp³-hybridized carbons (Fsp3) is 0.625. The molecular weight excluding hydrogens is 302 g/mol. The molecule has 0 saturated heterocycles. The second kappa shape index (κ2) is 7.30. The lowest BCUT2D eigenvalue weighted by molar-refractivity contribution is 0.129. The highest BCUT2D eigenvalue weighted by molar-refractivity contribution is 9.10. The molecule has 2 nitrogen and oxygen atoms in total. The van der Waals surface area contributed by atoms with Gasteiger partial charge in [-0.2, -0.15) is 0 Å². The minimum atomic E-state index is 0.397. The average Bonchev–Trinajstić information content (AvgIpc) is 2.43. The molecule has 1 aromatic carbocycles. The molecule has 0 aromatic heterocycles. The van der Waals surface area contributed by atoms with E-state index in [1.54, 1.807) is 0 Å². The smallest absolute Gasteiger partial charge is 0.133 e. The highest BCUT2D eigenvalue weighted by atomic mass is 79.9. The van der Waals surface area contributed by atoms with E-state index in [-0.39, 0.29) is 0 Å². The first-order chi connectivity index (χ1) is 9.22. The molecule has 0 radical (unpaired) electrons. The predicted molar refractivity (Wildman–Crippen MR) is 83.6 cm³/mol. The van der Waals surface area contributed by atoms with Gasteiger partial charge in [-0.1, -0.05) is 19.4 Å². The number of hydrogen-bond donors (Lipinski definition) is 1. The van der Waals surface area contributed by atoms with E-state index in [0.29, 0.717) is 6.10 Å². The van der Waals surface area contributed by atoms with Crippen LogP contribution in [0.1, 0.15) is 44.6 Å². The second-order valence-corrected chi connectivity index (χ2v) is 6.32. The molecular formula is C16H24BrNO. The van der Waals surface area contributed by atoms with Crippen LogP contribution in [0.5, 0.6) is 5.75 Å². The summed E-state index contributed by atoms with van der Waals surface area (Å²) < 4.78 is 7.21. The molecule has 1 aromatic rings. The van der Waals surface area contributed by atoms with Crippen molar-refractivity contribution < 1.29 is 4.74 Å². The summed E-state index contributed by atoms with van der Waals surface area (Å²) in [6, 6.07) is 6.36. The van der Waals surface area contributed by atoms with Crippen LogP contribution >= 0.6 is 15.9 Å². The maximum atomic E-state index is 6.14. The Bertz CT molecular complexity index is 400. The van der Waals surface area contributed by atoms with E-state index in [1.807, 2.05) is 7.05 Å². The van der Waals surface area contributed by atoms with E-state index in [2.05, 4.69) is 46.4 Å². The van der Waals surface area contributed by atoms with Gasteiger partial charge in [0.2, 0.25) is 0 Å². The Morgan fingerprint density at radius 1 is 1.26 bits per heavy atom. The molecule has 1 fully saturated rings. The van der Waals surface area contributed by atoms with Crippen molar-refractivity contribution in [3.8, 4) is 5.75 Å². The Labute approximate surface area is 125 Å². The molecule has 0 atom stereocenters. The maximum Gasteiger partial charge on any atom is 0.133 e. The predicted octanol–water partition coefficient (Wildman–Crippen LogP) is 4.52. The summed E-state index contributed by atoms with van der Waals surface area (Å²) >= 11 is 3.62. The van der Waals surface area contributed by atoms with Crippen LogP contribution in [0.15, 0.2) is 22.7 Å². The minimum absolute atomic E-state index is 0.397. The van der Waals surface area contributed by atoms with Crippen LogP contribution in [0.25, 0.3) is 0 Å². The molecule has 2 rings (SSSR count). The Kier molecular flexibility index (Phi) is 5.71. The summed E-state index contributed by atoms with van der Waals surface area (Å²) in [5.74, 6) is 1.90. The summed E-state index contributed by atoms with van der Waals surface area (Å²) in [6.07, 6.45) is 6.74. The van der Waals surface area contributed by atoms with Crippen LogP contribution in [-0.2, 0) is 6.54 Å². The van der Waals surface area contributed by atoms with Crippen LogP contribution in [0.3, 0.4) is 0 Å². The van der Waals surface area contributed by atoms with Crippen molar-refractivity contribution in [2.75, 3.05) is 7.05 Å². The molecule has 1 N–H and O–H groups in total. The summed E-state index contributed by atoms with van der Waals surface area (Å²) in [7, 11) is 1.96. The van der Waals surface area contributed by atoms with E-state index in [1.165, 1.54) is 37.7 Å². The topological polar surface area (TPSA) is 21.3 Å². The Morgan fingerprint density at radius 3 is 2.58 bits per heavy atom. The highest BCUT2D eigenvalue weighted by Gasteiger charge is 2.21. The Hall–Kier alpha value is -0.540. The van der Waals surface area contributed by atoms with Gasteiger partial charge in [0, 0.05) is 6.54 Å². The summed E-state index contributed by atoms with van der Waals surface area (Å²) in [4.78, 5) is 0. The van der Waals surface area contributed by atoms with Gasteiger partial charge in [-0.25, -0.2) is 0 Å². The number of nitrogens with one attached hydrogen (secondary N) is 1. The Balaban J connectivity index is 1.92. The zero-order valence-corrected chi connectivity index (χ0v) is 13.5. The number of hydrogen-bond acceptors (Lipinski definition) is 2. The van der Waals surface area contributed by atoms with Gasteiger partial charge in [0.25, 0.3) is 0 Å². The molecule has 1 aliphatic carbocycles. The summed E-state index contributed by atoms with van der Waals surface area (Å²) in [5, 5.41) is 3.16. The van der Waals surface area contributed by atoms with E-state index in [4.69, 9.17) is 4.74 Å². The molecule has 0 bridgehead atoms. The lowest BCUT2D eigenvalue weighted by Gasteiger charge is -2.28. The van der Waals surface area contributed by atoms with Crippen LogP contribution in [0.2, 0.25) is 0 Å². The SMILES string of the molecule is CCC1CCC(Oc2ccc(CNC)cc2Br)CC1. The van der Waals surface area contributed by atoms with Gasteiger partial charge in [0.05, 0.1) is 10.6 Å². The first-order valence-corrected chi connectivity index (χ1v) is 8.12. The van der Waals surface area contributed by atoms with Crippen LogP contribution < -0.4 is 10.1 Å². The van der Waals surface area contributed by atoms with Crippen molar-refractivity contribution in [1.29, 1.82) is 0 Å². The number of halogens is 1. The van der Waals surface area contributed by atoms with Crippen molar-refractivity contribution in [1.82, 2.24) is 5.32 Å². The number of benzene rings is 1. The van der Waals surface area contributed by atoms with Gasteiger partial charge >= 0.3 is 0 Å². The van der Waals surface area contributed by atoms with Gasteiger partial charge < -0.3 is 10.1 Å². The quantitative estimate of drug-likeness (QED) is 0.859. The lowest BCUT2D eigenvalue weighted by atomic mass is 9.86. The summed E-state index contributed by atoms with van der Waals surface area (Å²) in [6.45, 7) is 3.18. The molecule has 0 amide bonds. The zero-order chi connectivity index (χ0) is 13.7. The third kappa shape index (κ3) is 4.22. The normalized spacial score (nSPS) is 23.3. The first-order valence-electron chi connectivity index (χ1n) is 7.32. The second-order valence-electron chi connectivity index (χ2n) is 5.46. The fourth-order valence-corrected chi connectivity index (χ4v) is 3.31. The molecule has 1 saturated carbocycles. The number of rotatable bonds is 5. The monoisotopic (exact) mass is 325 g/mol. The van der Waals surface area contributed by atoms with Crippen LogP contribution in [0.4, 0.5) is 0 Å². The number of ether oxygens (including phenoxy) is 1. The molecule has 0 spiro atoms. The Morgan fingerprint density at radius 2 is 2.00 bits per heavy atom. The molecule has 0 aliphatic heterocycles. The minimum Gasteiger partial charge on any atom is -0.489 e. The molecule has 1 aliphatic rings. The lowest BCUT2D eigenvalue weighted by Crippen LogP contribution is -2.24. The molecule has 3 heteroatoms. The molecule has 0 unspecified atom stereocenters. The van der Waals surface area contributed by atoms with Gasteiger partial charge in [-0.05, 0) is 72.3 Å². The fourth-order valence-electron chi connectivity index (χ4n) is 2.79. The van der Waals surface area contributed by atoms with Gasteiger partial charge in [0.1, 0.15) is 5.75 Å². The van der Waals surface area contributed by atoms with Crippen molar-refractivity contribution in [3.05, 3.63) is 28.2 Å². The van der Waals surface area contributed by atoms with Crippen molar-refractivity contribution in [3.63, 3.8) is 0 Å². The van der Waals surface area contributed by atoms with Crippen molar-refractivity contribution in [2.24, 2.45) is 5.92 Å². The van der Waals surface area contributed by atoms with E-state index >= 15 is 0 Å². The molecule has 19 heavy (non-hydrogen) atoms. The van der Waals surface area contributed by atoms with Crippen molar-refractivity contribution >= 4 is 15.9 Å². The van der Waals surface area contributed by atoms with E-state index in [0.717, 1.165) is 22.7 Å². The van der Waals surface area contributed by atoms with Gasteiger partial charge in [-0.15, -0.1) is 0 Å². The van der Waals surface area contributed by atoms with Crippen molar-refractivity contribution in [2.45, 2.75) is 51.7 Å². The van der Waals surface area contributed by atoms with E-state index in [9.17, 15) is 0 Å². The highest BCUT2D eigenvalue weighted by Crippen LogP contribution is 2.32. The standard InChI is InChI=1S/C16H24BrNO/c1-3-12-4-7-14(8-5-12)19-16-9-6-13(11-18-2)10-15(16)17/h6,9-10,12,14,18H,3-5,7-8,11H2,1-2H3. The van der Waals surface area contributed by atoms with Crippen LogP contribution in [-0.4, -0.2) is 13.2 Å².